The third-order valence-electron chi connectivity index (χ3n) is 2.84. The zero-order valence-electron chi connectivity index (χ0n) is 10.9. The first kappa shape index (κ1) is 13.1. The van der Waals surface area contributed by atoms with Gasteiger partial charge in [-0.15, -0.1) is 0 Å². The molecule has 2 rings (SSSR count). The maximum absolute atomic E-state index is 9.23. The van der Waals surface area contributed by atoms with Crippen LogP contribution < -0.4 is 15.4 Å². The van der Waals surface area contributed by atoms with Crippen molar-refractivity contribution in [2.45, 2.75) is 0 Å². The number of phenols is 1. The Morgan fingerprint density at radius 3 is 2.58 bits per heavy atom. The lowest BCUT2D eigenvalue weighted by Crippen LogP contribution is -2.23. The van der Waals surface area contributed by atoms with E-state index in [4.69, 9.17) is 10.5 Å². The molecular formula is C15H18N2O2. The molecule has 0 fully saturated rings. The topological polar surface area (TPSA) is 58.7 Å². The molecule has 0 bridgehead atoms. The molecule has 0 amide bonds. The quantitative estimate of drug-likeness (QED) is 0.809. The predicted octanol–water partition coefficient (Wildman–Crippen LogP) is 2.49. The number of rotatable bonds is 5. The van der Waals surface area contributed by atoms with Crippen molar-refractivity contribution in [1.29, 1.82) is 0 Å². The average Bonchev–Trinajstić information content (AvgIpc) is 2.39. The monoisotopic (exact) mass is 258 g/mol. The summed E-state index contributed by atoms with van der Waals surface area (Å²) in [6.07, 6.45) is 0. The molecule has 0 aliphatic carbocycles. The molecule has 0 unspecified atom stereocenters. The fourth-order valence-electron chi connectivity index (χ4n) is 1.74. The van der Waals surface area contributed by atoms with E-state index in [0.717, 1.165) is 18.0 Å². The highest BCUT2D eigenvalue weighted by Crippen LogP contribution is 2.17. The molecule has 0 heterocycles. The van der Waals surface area contributed by atoms with Gasteiger partial charge in [0, 0.05) is 24.5 Å². The SMILES string of the molecule is CN(CCOc1cccc(N)c1)c1ccc(O)cc1. The number of nitrogens with two attached hydrogens (primary N) is 1. The largest absolute Gasteiger partial charge is 0.508 e. The van der Waals surface area contributed by atoms with Crippen molar-refractivity contribution >= 4 is 11.4 Å². The first-order valence-corrected chi connectivity index (χ1v) is 6.13. The minimum atomic E-state index is 0.271. The maximum Gasteiger partial charge on any atom is 0.121 e. The Kier molecular flexibility index (Phi) is 4.13. The van der Waals surface area contributed by atoms with E-state index in [2.05, 4.69) is 4.90 Å². The Morgan fingerprint density at radius 2 is 1.89 bits per heavy atom. The van der Waals surface area contributed by atoms with Crippen LogP contribution in [0.1, 0.15) is 0 Å². The lowest BCUT2D eigenvalue weighted by Gasteiger charge is -2.19. The summed E-state index contributed by atoms with van der Waals surface area (Å²) in [4.78, 5) is 2.06. The van der Waals surface area contributed by atoms with Crippen molar-refractivity contribution in [2.75, 3.05) is 30.8 Å². The van der Waals surface area contributed by atoms with Crippen molar-refractivity contribution in [3.05, 3.63) is 48.5 Å². The van der Waals surface area contributed by atoms with Crippen molar-refractivity contribution < 1.29 is 9.84 Å². The number of likely N-dealkylation sites (N-methyl/N-ethyl adjacent to an activating group) is 1. The summed E-state index contributed by atoms with van der Waals surface area (Å²) < 4.78 is 5.63. The molecule has 0 aromatic heterocycles. The molecule has 3 N–H and O–H groups in total. The van der Waals surface area contributed by atoms with Gasteiger partial charge in [-0.1, -0.05) is 6.07 Å². The second-order valence-electron chi connectivity index (χ2n) is 4.36. The van der Waals surface area contributed by atoms with Crippen molar-refractivity contribution in [3.63, 3.8) is 0 Å². The summed E-state index contributed by atoms with van der Waals surface area (Å²) in [6.45, 7) is 1.32. The second-order valence-corrected chi connectivity index (χ2v) is 4.36. The highest BCUT2D eigenvalue weighted by molar-refractivity contribution is 5.48. The standard InChI is InChI=1S/C15H18N2O2/c1-17(13-5-7-14(18)8-6-13)9-10-19-15-4-2-3-12(16)11-15/h2-8,11,18H,9-10,16H2,1H3. The smallest absolute Gasteiger partial charge is 0.121 e. The summed E-state index contributed by atoms with van der Waals surface area (Å²) in [5.41, 5.74) is 7.42. The first-order chi connectivity index (χ1) is 9.15. The number of phenolic OH excluding ortho intramolecular Hbond substituents is 1. The Bertz CT molecular complexity index is 526. The molecule has 4 heteroatoms. The molecule has 100 valence electrons. The number of ether oxygens (including phenoxy) is 1. The van der Waals surface area contributed by atoms with Gasteiger partial charge in [-0.05, 0) is 36.4 Å². The van der Waals surface area contributed by atoms with E-state index in [1.54, 1.807) is 18.2 Å². The summed E-state index contributed by atoms with van der Waals surface area (Å²) in [7, 11) is 1.98. The zero-order valence-corrected chi connectivity index (χ0v) is 10.9. The molecule has 0 aliphatic heterocycles. The number of nitrogen functional groups attached to an aromatic ring is 1. The summed E-state index contributed by atoms with van der Waals surface area (Å²) >= 11 is 0. The van der Waals surface area contributed by atoms with Crippen LogP contribution >= 0.6 is 0 Å². The summed E-state index contributed by atoms with van der Waals surface area (Å²) in [6, 6.07) is 14.5. The molecule has 0 spiro atoms. The Hall–Kier alpha value is -2.36. The molecular weight excluding hydrogens is 240 g/mol. The predicted molar refractivity (Wildman–Crippen MR) is 77.7 cm³/mol. The van der Waals surface area contributed by atoms with Gasteiger partial charge < -0.3 is 20.5 Å². The fourth-order valence-corrected chi connectivity index (χ4v) is 1.74. The van der Waals surface area contributed by atoms with Crippen LogP contribution in [0.3, 0.4) is 0 Å². The van der Waals surface area contributed by atoms with E-state index in [1.165, 1.54) is 0 Å². The Morgan fingerprint density at radius 1 is 1.16 bits per heavy atom. The van der Waals surface area contributed by atoms with E-state index in [-0.39, 0.29) is 5.75 Å². The second kappa shape index (κ2) is 6.00. The lowest BCUT2D eigenvalue weighted by molar-refractivity contribution is 0.326. The molecule has 19 heavy (non-hydrogen) atoms. The van der Waals surface area contributed by atoms with Crippen LogP contribution in [0.25, 0.3) is 0 Å². The van der Waals surface area contributed by atoms with E-state index in [0.29, 0.717) is 12.3 Å². The molecule has 0 atom stereocenters. The van der Waals surface area contributed by atoms with Crippen LogP contribution in [0, 0.1) is 0 Å². The van der Waals surface area contributed by atoms with E-state index >= 15 is 0 Å². The number of aromatic hydroxyl groups is 1. The first-order valence-electron chi connectivity index (χ1n) is 6.13. The molecule has 4 nitrogen and oxygen atoms in total. The van der Waals surface area contributed by atoms with Crippen LogP contribution in [0.4, 0.5) is 11.4 Å². The summed E-state index contributed by atoms with van der Waals surface area (Å²) in [5.74, 6) is 1.05. The Balaban J connectivity index is 1.84. The number of nitrogens with zero attached hydrogens (tertiary/aromatic N) is 1. The van der Waals surface area contributed by atoms with Crippen LogP contribution in [0.5, 0.6) is 11.5 Å². The van der Waals surface area contributed by atoms with Crippen molar-refractivity contribution in [2.24, 2.45) is 0 Å². The molecule has 0 radical (unpaired) electrons. The van der Waals surface area contributed by atoms with Gasteiger partial charge >= 0.3 is 0 Å². The van der Waals surface area contributed by atoms with Crippen LogP contribution in [0.15, 0.2) is 48.5 Å². The van der Waals surface area contributed by atoms with E-state index in [1.807, 2.05) is 37.4 Å². The van der Waals surface area contributed by atoms with Crippen molar-refractivity contribution in [3.8, 4) is 11.5 Å². The number of hydrogen-bond donors (Lipinski definition) is 2. The minimum absolute atomic E-state index is 0.271. The van der Waals surface area contributed by atoms with Gasteiger partial charge in [0.2, 0.25) is 0 Å². The average molecular weight is 258 g/mol. The van der Waals surface area contributed by atoms with E-state index in [9.17, 15) is 5.11 Å². The number of hydrogen-bond acceptors (Lipinski definition) is 4. The number of anilines is 2. The van der Waals surface area contributed by atoms with Gasteiger partial charge in [0.15, 0.2) is 0 Å². The van der Waals surface area contributed by atoms with Gasteiger partial charge in [0.05, 0.1) is 6.54 Å². The fraction of sp³-hybridized carbons (Fsp3) is 0.200. The van der Waals surface area contributed by atoms with Crippen LogP contribution in [0.2, 0.25) is 0 Å². The zero-order chi connectivity index (χ0) is 13.7. The van der Waals surface area contributed by atoms with Gasteiger partial charge in [0.1, 0.15) is 18.1 Å². The molecule has 0 saturated heterocycles. The van der Waals surface area contributed by atoms with Gasteiger partial charge in [-0.3, -0.25) is 0 Å². The van der Waals surface area contributed by atoms with Crippen LogP contribution in [-0.4, -0.2) is 25.3 Å². The third-order valence-corrected chi connectivity index (χ3v) is 2.84. The summed E-state index contributed by atoms with van der Waals surface area (Å²) in [5, 5.41) is 9.23. The lowest BCUT2D eigenvalue weighted by atomic mass is 10.3. The molecule has 0 saturated carbocycles. The minimum Gasteiger partial charge on any atom is -0.508 e. The molecule has 0 aliphatic rings. The third kappa shape index (κ3) is 3.81. The highest BCUT2D eigenvalue weighted by atomic mass is 16.5. The van der Waals surface area contributed by atoms with E-state index < -0.39 is 0 Å². The maximum atomic E-state index is 9.23. The van der Waals surface area contributed by atoms with Gasteiger partial charge in [0.25, 0.3) is 0 Å². The van der Waals surface area contributed by atoms with Crippen LogP contribution in [-0.2, 0) is 0 Å². The Labute approximate surface area is 113 Å². The van der Waals surface area contributed by atoms with Gasteiger partial charge in [-0.2, -0.15) is 0 Å². The highest BCUT2D eigenvalue weighted by Gasteiger charge is 2.01. The van der Waals surface area contributed by atoms with Gasteiger partial charge in [-0.25, -0.2) is 0 Å². The number of benzene rings is 2. The molecule has 2 aromatic carbocycles. The molecule has 2 aromatic rings. The van der Waals surface area contributed by atoms with Crippen molar-refractivity contribution in [1.82, 2.24) is 0 Å². The normalized spacial score (nSPS) is 10.2.